The van der Waals surface area contributed by atoms with Gasteiger partial charge in [0.15, 0.2) is 5.78 Å². The molecule has 1 aromatic carbocycles. The fraction of sp³-hybridized carbons (Fsp3) is 0.231. The van der Waals surface area contributed by atoms with Crippen LogP contribution in [0.2, 0.25) is 0 Å². The second-order valence-electron chi connectivity index (χ2n) is 3.38. The molecule has 17 heavy (non-hydrogen) atoms. The summed E-state index contributed by atoms with van der Waals surface area (Å²) >= 11 is 0. The molecule has 1 N–H and O–H groups in total. The fourth-order valence-electron chi connectivity index (χ4n) is 1.18. The smallest absolute Gasteiger partial charge is 0.407 e. The lowest BCUT2D eigenvalue weighted by atomic mass is 10.2. The minimum atomic E-state index is -0.591. The molecule has 0 bridgehead atoms. The predicted molar refractivity (Wildman–Crippen MR) is 64.5 cm³/mol. The van der Waals surface area contributed by atoms with E-state index in [1.54, 1.807) is 13.0 Å². The number of benzene rings is 1. The highest BCUT2D eigenvalue weighted by atomic mass is 16.5. The van der Waals surface area contributed by atoms with E-state index in [0.717, 1.165) is 5.56 Å². The molecule has 0 spiro atoms. The summed E-state index contributed by atoms with van der Waals surface area (Å²) in [5, 5.41) is 2.38. The van der Waals surface area contributed by atoms with Gasteiger partial charge >= 0.3 is 6.09 Å². The number of allylic oxidation sites excluding steroid dienone is 1. The molecule has 0 aliphatic heterocycles. The van der Waals surface area contributed by atoms with E-state index in [9.17, 15) is 9.59 Å². The average molecular weight is 233 g/mol. The van der Waals surface area contributed by atoms with Crippen molar-refractivity contribution in [1.29, 1.82) is 0 Å². The number of nitrogens with one attached hydrogen (secondary N) is 1. The monoisotopic (exact) mass is 233 g/mol. The van der Waals surface area contributed by atoms with Crippen LogP contribution in [0.3, 0.4) is 0 Å². The zero-order valence-electron chi connectivity index (χ0n) is 9.68. The van der Waals surface area contributed by atoms with Crippen LogP contribution >= 0.6 is 0 Å². The van der Waals surface area contributed by atoms with Crippen molar-refractivity contribution in [2.75, 3.05) is 6.54 Å². The number of ketones is 1. The van der Waals surface area contributed by atoms with Gasteiger partial charge in [0.1, 0.15) is 6.61 Å². The number of ether oxygens (including phenoxy) is 1. The molecular formula is C13H15NO3. The van der Waals surface area contributed by atoms with E-state index in [1.807, 2.05) is 30.3 Å². The molecule has 0 unspecified atom stereocenters. The standard InChI is InChI=1S/C13H15NO3/c1-2-6-12(15)9-14-13(16)17-10-11-7-4-3-5-8-11/h2-8H,9-10H2,1H3,(H,14,16)/b6-2+. The summed E-state index contributed by atoms with van der Waals surface area (Å²) in [6, 6.07) is 9.34. The molecule has 4 heteroatoms. The van der Waals surface area contributed by atoms with Crippen LogP contribution < -0.4 is 5.32 Å². The van der Waals surface area contributed by atoms with Crippen LogP contribution in [0.1, 0.15) is 12.5 Å². The molecule has 1 aromatic rings. The maximum absolute atomic E-state index is 11.2. The largest absolute Gasteiger partial charge is 0.445 e. The van der Waals surface area contributed by atoms with Gasteiger partial charge in [-0.2, -0.15) is 0 Å². The zero-order chi connectivity index (χ0) is 12.5. The Morgan fingerprint density at radius 2 is 2.00 bits per heavy atom. The lowest BCUT2D eigenvalue weighted by Crippen LogP contribution is -2.29. The van der Waals surface area contributed by atoms with E-state index in [4.69, 9.17) is 4.74 Å². The van der Waals surface area contributed by atoms with Crippen molar-refractivity contribution in [3.8, 4) is 0 Å². The average Bonchev–Trinajstić information content (AvgIpc) is 2.35. The number of carbonyl (C=O) groups is 2. The van der Waals surface area contributed by atoms with Crippen molar-refractivity contribution in [2.24, 2.45) is 0 Å². The maximum atomic E-state index is 11.2. The van der Waals surface area contributed by atoms with E-state index in [0.29, 0.717) is 0 Å². The zero-order valence-corrected chi connectivity index (χ0v) is 9.68. The van der Waals surface area contributed by atoms with Crippen molar-refractivity contribution >= 4 is 11.9 Å². The Labute approximate surface area is 100 Å². The topological polar surface area (TPSA) is 55.4 Å². The van der Waals surface area contributed by atoms with Gasteiger partial charge in [-0.25, -0.2) is 4.79 Å². The summed E-state index contributed by atoms with van der Waals surface area (Å²) in [4.78, 5) is 22.3. The van der Waals surface area contributed by atoms with Gasteiger partial charge in [-0.05, 0) is 18.6 Å². The van der Waals surface area contributed by atoms with Gasteiger partial charge in [0.25, 0.3) is 0 Å². The molecule has 0 atom stereocenters. The molecule has 0 radical (unpaired) electrons. The minimum Gasteiger partial charge on any atom is -0.445 e. The van der Waals surface area contributed by atoms with E-state index in [2.05, 4.69) is 5.32 Å². The van der Waals surface area contributed by atoms with Crippen LogP contribution in [0.25, 0.3) is 0 Å². The first-order valence-corrected chi connectivity index (χ1v) is 5.32. The van der Waals surface area contributed by atoms with Crippen molar-refractivity contribution in [2.45, 2.75) is 13.5 Å². The van der Waals surface area contributed by atoms with Crippen LogP contribution in [0, 0.1) is 0 Å². The molecular weight excluding hydrogens is 218 g/mol. The fourth-order valence-corrected chi connectivity index (χ4v) is 1.18. The van der Waals surface area contributed by atoms with Crippen LogP contribution in [0.15, 0.2) is 42.5 Å². The Morgan fingerprint density at radius 3 is 2.65 bits per heavy atom. The molecule has 0 fully saturated rings. The third kappa shape index (κ3) is 5.51. The Balaban J connectivity index is 2.24. The van der Waals surface area contributed by atoms with Gasteiger partial charge in [-0.1, -0.05) is 36.4 Å². The molecule has 0 saturated heterocycles. The van der Waals surface area contributed by atoms with Gasteiger partial charge in [-0.3, -0.25) is 4.79 Å². The Hall–Kier alpha value is -2.10. The number of hydrogen-bond acceptors (Lipinski definition) is 3. The number of amides is 1. The van der Waals surface area contributed by atoms with Crippen LogP contribution in [-0.2, 0) is 16.1 Å². The summed E-state index contributed by atoms with van der Waals surface area (Å²) in [5.41, 5.74) is 0.905. The minimum absolute atomic E-state index is 0.0437. The third-order valence-corrected chi connectivity index (χ3v) is 1.97. The van der Waals surface area contributed by atoms with E-state index >= 15 is 0 Å². The molecule has 90 valence electrons. The van der Waals surface area contributed by atoms with E-state index in [-0.39, 0.29) is 18.9 Å². The van der Waals surface area contributed by atoms with Gasteiger partial charge in [-0.15, -0.1) is 0 Å². The maximum Gasteiger partial charge on any atom is 0.407 e. The number of hydrogen-bond donors (Lipinski definition) is 1. The number of alkyl carbamates (subject to hydrolysis) is 1. The SMILES string of the molecule is C/C=C/C(=O)CNC(=O)OCc1ccccc1. The van der Waals surface area contributed by atoms with Crippen LogP contribution in [-0.4, -0.2) is 18.4 Å². The summed E-state index contributed by atoms with van der Waals surface area (Å²) in [6.45, 7) is 1.90. The predicted octanol–water partition coefficient (Wildman–Crippen LogP) is 2.06. The molecule has 0 aliphatic carbocycles. The molecule has 0 saturated carbocycles. The number of rotatable bonds is 5. The Bertz CT molecular complexity index is 398. The lowest BCUT2D eigenvalue weighted by molar-refractivity contribution is -0.113. The first kappa shape index (κ1) is 13.0. The van der Waals surface area contributed by atoms with E-state index < -0.39 is 6.09 Å². The molecule has 4 nitrogen and oxygen atoms in total. The highest BCUT2D eigenvalue weighted by Gasteiger charge is 2.03. The van der Waals surface area contributed by atoms with Gasteiger partial charge < -0.3 is 10.1 Å². The normalized spacial score (nSPS) is 10.2. The lowest BCUT2D eigenvalue weighted by Gasteiger charge is -2.05. The molecule has 1 amide bonds. The van der Waals surface area contributed by atoms with Crippen LogP contribution in [0.5, 0.6) is 0 Å². The summed E-state index contributed by atoms with van der Waals surface area (Å²) < 4.78 is 4.93. The molecule has 0 aliphatic rings. The highest BCUT2D eigenvalue weighted by molar-refractivity contribution is 5.93. The van der Waals surface area contributed by atoms with Gasteiger partial charge in [0.05, 0.1) is 6.54 Å². The summed E-state index contributed by atoms with van der Waals surface area (Å²) in [5.74, 6) is -0.163. The van der Waals surface area contributed by atoms with Gasteiger partial charge in [0, 0.05) is 0 Å². The quantitative estimate of drug-likeness (QED) is 0.792. The summed E-state index contributed by atoms with van der Waals surface area (Å²) in [7, 11) is 0. The van der Waals surface area contributed by atoms with Crippen molar-refractivity contribution in [3.63, 3.8) is 0 Å². The molecule has 1 rings (SSSR count). The Morgan fingerprint density at radius 1 is 1.29 bits per heavy atom. The molecule has 0 aromatic heterocycles. The van der Waals surface area contributed by atoms with Crippen molar-refractivity contribution in [3.05, 3.63) is 48.0 Å². The Kier molecular flexibility index (Phi) is 5.51. The highest BCUT2D eigenvalue weighted by Crippen LogP contribution is 2.00. The number of carbonyl (C=O) groups excluding carboxylic acids is 2. The second-order valence-corrected chi connectivity index (χ2v) is 3.38. The first-order valence-electron chi connectivity index (χ1n) is 5.32. The second kappa shape index (κ2) is 7.22. The summed E-state index contributed by atoms with van der Waals surface area (Å²) in [6.07, 6.45) is 2.43. The molecule has 0 heterocycles. The van der Waals surface area contributed by atoms with Gasteiger partial charge in [0.2, 0.25) is 0 Å². The first-order chi connectivity index (χ1) is 8.22. The third-order valence-electron chi connectivity index (χ3n) is 1.97. The van der Waals surface area contributed by atoms with E-state index in [1.165, 1.54) is 6.08 Å². The van der Waals surface area contributed by atoms with Crippen LogP contribution in [0.4, 0.5) is 4.79 Å². The van der Waals surface area contributed by atoms with Crippen molar-refractivity contribution in [1.82, 2.24) is 5.32 Å². The van der Waals surface area contributed by atoms with Crippen molar-refractivity contribution < 1.29 is 14.3 Å².